The van der Waals surface area contributed by atoms with Gasteiger partial charge in [-0.15, -0.1) is 0 Å². The van der Waals surface area contributed by atoms with Crippen LogP contribution in [0.1, 0.15) is 44.3 Å². The highest BCUT2D eigenvalue weighted by Gasteiger charge is 2.54. The Balaban J connectivity index is 1.31. The molecule has 4 N–H and O–H groups in total. The Morgan fingerprint density at radius 2 is 1.73 bits per heavy atom. The van der Waals surface area contributed by atoms with E-state index in [-0.39, 0.29) is 11.3 Å². The van der Waals surface area contributed by atoms with Crippen LogP contribution in [0.3, 0.4) is 0 Å². The van der Waals surface area contributed by atoms with Crippen molar-refractivity contribution in [1.29, 1.82) is 0 Å². The van der Waals surface area contributed by atoms with Gasteiger partial charge in [0.25, 0.3) is 0 Å². The highest BCUT2D eigenvalue weighted by Crippen LogP contribution is 2.60. The smallest absolute Gasteiger partial charge is 0.230 e. The van der Waals surface area contributed by atoms with Crippen molar-refractivity contribution in [1.82, 2.24) is 15.2 Å². The van der Waals surface area contributed by atoms with E-state index in [0.29, 0.717) is 18.2 Å². The quantitative estimate of drug-likeness (QED) is 0.788. The molecule has 0 radical (unpaired) electrons. The highest BCUT2D eigenvalue weighted by molar-refractivity contribution is 5.95. The van der Waals surface area contributed by atoms with Gasteiger partial charge in [0, 0.05) is 11.3 Å². The number of rotatable bonds is 4. The molecular weight excluding hydrogens is 326 g/mol. The standard InChI is InChI=1S/C20H25N5O/c21-11-17-23-18(25-24-17)15-1-3-16(4-2-15)22-19(26)20-8-12-5-13(9-20)7-14(6-12)10-20/h1-4,12-14H,5-11,21H2,(H,22,26)(H,23,24,25). The average molecular weight is 351 g/mol. The van der Waals surface area contributed by atoms with Crippen LogP contribution in [0.25, 0.3) is 11.4 Å². The van der Waals surface area contributed by atoms with E-state index in [1.54, 1.807) is 0 Å². The predicted molar refractivity (Wildman–Crippen MR) is 98.9 cm³/mol. The number of H-pyrrole nitrogens is 1. The molecule has 26 heavy (non-hydrogen) atoms. The van der Waals surface area contributed by atoms with Gasteiger partial charge >= 0.3 is 0 Å². The molecule has 0 spiro atoms. The maximum Gasteiger partial charge on any atom is 0.230 e. The van der Waals surface area contributed by atoms with Gasteiger partial charge in [-0.05, 0) is 80.5 Å². The van der Waals surface area contributed by atoms with Crippen LogP contribution >= 0.6 is 0 Å². The molecule has 1 aromatic carbocycles. The van der Waals surface area contributed by atoms with Gasteiger partial charge in [0.2, 0.25) is 5.91 Å². The molecule has 4 aliphatic carbocycles. The molecule has 0 atom stereocenters. The molecule has 6 rings (SSSR count). The minimum Gasteiger partial charge on any atom is -0.326 e. The summed E-state index contributed by atoms with van der Waals surface area (Å²) in [4.78, 5) is 17.4. The zero-order chi connectivity index (χ0) is 17.7. The third-order valence-electron chi connectivity index (χ3n) is 6.65. The molecule has 1 amide bonds. The topological polar surface area (TPSA) is 96.7 Å². The van der Waals surface area contributed by atoms with Crippen molar-refractivity contribution < 1.29 is 4.79 Å². The molecule has 4 aliphatic rings. The van der Waals surface area contributed by atoms with E-state index in [4.69, 9.17) is 5.73 Å². The van der Waals surface area contributed by atoms with E-state index < -0.39 is 0 Å². The first-order valence-electron chi connectivity index (χ1n) is 9.67. The Morgan fingerprint density at radius 1 is 1.12 bits per heavy atom. The van der Waals surface area contributed by atoms with Crippen LogP contribution in [0.4, 0.5) is 5.69 Å². The van der Waals surface area contributed by atoms with Gasteiger partial charge in [0.1, 0.15) is 5.82 Å². The molecule has 4 bridgehead atoms. The first-order valence-corrected chi connectivity index (χ1v) is 9.67. The lowest BCUT2D eigenvalue weighted by Crippen LogP contribution is -2.51. The van der Waals surface area contributed by atoms with E-state index in [1.807, 2.05) is 24.3 Å². The number of nitrogens with two attached hydrogens (primary N) is 1. The van der Waals surface area contributed by atoms with E-state index in [2.05, 4.69) is 20.5 Å². The molecule has 2 aromatic rings. The summed E-state index contributed by atoms with van der Waals surface area (Å²) in [5.41, 5.74) is 7.21. The molecule has 6 heteroatoms. The second-order valence-corrected chi connectivity index (χ2v) is 8.54. The van der Waals surface area contributed by atoms with Crippen LogP contribution in [-0.2, 0) is 11.3 Å². The summed E-state index contributed by atoms with van der Waals surface area (Å²) in [7, 11) is 0. The van der Waals surface area contributed by atoms with Gasteiger partial charge in [0.15, 0.2) is 5.82 Å². The molecular formula is C20H25N5O. The summed E-state index contributed by atoms with van der Waals surface area (Å²) in [6.07, 6.45) is 7.31. The van der Waals surface area contributed by atoms with Crippen molar-refractivity contribution in [3.8, 4) is 11.4 Å². The molecule has 4 fully saturated rings. The maximum atomic E-state index is 13.1. The Bertz CT molecular complexity index is 790. The van der Waals surface area contributed by atoms with Crippen LogP contribution in [0.15, 0.2) is 24.3 Å². The van der Waals surface area contributed by atoms with E-state index in [9.17, 15) is 4.79 Å². The summed E-state index contributed by atoms with van der Waals surface area (Å²) in [6, 6.07) is 7.76. The fourth-order valence-electron chi connectivity index (χ4n) is 5.87. The molecule has 1 aromatic heterocycles. The van der Waals surface area contributed by atoms with Gasteiger partial charge in [-0.3, -0.25) is 9.89 Å². The first kappa shape index (κ1) is 16.0. The summed E-state index contributed by atoms with van der Waals surface area (Å²) in [5, 5.41) is 10.2. The normalized spacial score (nSPS) is 32.0. The molecule has 0 saturated heterocycles. The van der Waals surface area contributed by atoms with Gasteiger partial charge in [-0.2, -0.15) is 5.10 Å². The number of benzene rings is 1. The lowest BCUT2D eigenvalue weighted by atomic mass is 9.49. The summed E-state index contributed by atoms with van der Waals surface area (Å²) in [6.45, 7) is 0.339. The number of hydrogen-bond acceptors (Lipinski definition) is 4. The van der Waals surface area contributed by atoms with Gasteiger partial charge < -0.3 is 11.1 Å². The van der Waals surface area contributed by atoms with Gasteiger partial charge in [-0.1, -0.05) is 0 Å². The van der Waals surface area contributed by atoms with Gasteiger partial charge in [-0.25, -0.2) is 4.98 Å². The lowest BCUT2D eigenvalue weighted by Gasteiger charge is -2.55. The number of carbonyl (C=O) groups is 1. The van der Waals surface area contributed by atoms with Crippen molar-refractivity contribution in [2.24, 2.45) is 28.9 Å². The van der Waals surface area contributed by atoms with Crippen LogP contribution in [0.2, 0.25) is 0 Å². The van der Waals surface area contributed by atoms with Crippen LogP contribution in [0.5, 0.6) is 0 Å². The zero-order valence-electron chi connectivity index (χ0n) is 14.9. The largest absolute Gasteiger partial charge is 0.326 e. The van der Waals surface area contributed by atoms with Crippen molar-refractivity contribution >= 4 is 11.6 Å². The predicted octanol–water partition coefficient (Wildman–Crippen LogP) is 3.09. The average Bonchev–Trinajstić information content (AvgIpc) is 3.10. The fraction of sp³-hybridized carbons (Fsp3) is 0.550. The van der Waals surface area contributed by atoms with Crippen LogP contribution in [-0.4, -0.2) is 21.1 Å². The minimum atomic E-state index is -0.118. The number of anilines is 1. The highest BCUT2D eigenvalue weighted by atomic mass is 16.2. The number of carbonyl (C=O) groups excluding carboxylic acids is 1. The molecule has 0 aliphatic heterocycles. The fourth-order valence-corrected chi connectivity index (χ4v) is 5.87. The summed E-state index contributed by atoms with van der Waals surface area (Å²) >= 11 is 0. The number of hydrogen-bond donors (Lipinski definition) is 3. The number of aromatic amines is 1. The third kappa shape index (κ3) is 2.63. The zero-order valence-corrected chi connectivity index (χ0v) is 14.9. The van der Waals surface area contributed by atoms with Crippen molar-refractivity contribution in [2.75, 3.05) is 5.32 Å². The molecule has 0 unspecified atom stereocenters. The Morgan fingerprint density at radius 3 is 2.27 bits per heavy atom. The second kappa shape index (κ2) is 5.91. The van der Waals surface area contributed by atoms with Crippen LogP contribution in [0, 0.1) is 23.2 Å². The molecule has 1 heterocycles. The lowest BCUT2D eigenvalue weighted by molar-refractivity contribution is -0.140. The van der Waals surface area contributed by atoms with Crippen molar-refractivity contribution in [3.05, 3.63) is 30.1 Å². The number of nitrogens with zero attached hydrogens (tertiary/aromatic N) is 2. The second-order valence-electron chi connectivity index (χ2n) is 8.54. The summed E-state index contributed by atoms with van der Waals surface area (Å²) < 4.78 is 0. The number of nitrogens with one attached hydrogen (secondary N) is 2. The Hall–Kier alpha value is -2.21. The van der Waals surface area contributed by atoms with Crippen molar-refractivity contribution in [2.45, 2.75) is 45.1 Å². The Labute approximate surface area is 153 Å². The Kier molecular flexibility index (Phi) is 3.64. The van der Waals surface area contributed by atoms with E-state index >= 15 is 0 Å². The SMILES string of the molecule is NCc1nc(-c2ccc(NC(=O)C34CC5CC(CC(C5)C3)C4)cc2)n[nH]1. The minimum absolute atomic E-state index is 0.118. The summed E-state index contributed by atoms with van der Waals surface area (Å²) in [5.74, 6) is 3.85. The molecule has 6 nitrogen and oxygen atoms in total. The number of amides is 1. The third-order valence-corrected chi connectivity index (χ3v) is 6.65. The molecule has 4 saturated carbocycles. The van der Waals surface area contributed by atoms with Gasteiger partial charge in [0.05, 0.1) is 12.0 Å². The van der Waals surface area contributed by atoms with Crippen molar-refractivity contribution in [3.63, 3.8) is 0 Å². The van der Waals surface area contributed by atoms with E-state index in [1.165, 1.54) is 19.3 Å². The number of aromatic nitrogens is 3. The first-order chi connectivity index (χ1) is 12.6. The maximum absolute atomic E-state index is 13.1. The van der Waals surface area contributed by atoms with Crippen LogP contribution < -0.4 is 11.1 Å². The monoisotopic (exact) mass is 351 g/mol. The molecule has 136 valence electrons. The van der Waals surface area contributed by atoms with E-state index in [0.717, 1.165) is 48.3 Å².